The number of aromatic nitrogens is 1. The lowest BCUT2D eigenvalue weighted by Crippen LogP contribution is -2.34. The van der Waals surface area contributed by atoms with Crippen LogP contribution in [-0.4, -0.2) is 22.1 Å². The third kappa shape index (κ3) is 2.43. The summed E-state index contributed by atoms with van der Waals surface area (Å²) in [6.07, 6.45) is 1.36. The van der Waals surface area contributed by atoms with Crippen molar-refractivity contribution in [2.24, 2.45) is 0 Å². The van der Waals surface area contributed by atoms with Crippen LogP contribution in [0.3, 0.4) is 0 Å². The van der Waals surface area contributed by atoms with Gasteiger partial charge < -0.3 is 10.4 Å². The van der Waals surface area contributed by atoms with Crippen LogP contribution in [0.15, 0.2) is 54.7 Å². The number of benzene rings is 2. The first kappa shape index (κ1) is 14.8. The Morgan fingerprint density at radius 3 is 2.92 bits per heavy atom. The fourth-order valence-electron chi connectivity index (χ4n) is 3.30. The highest BCUT2D eigenvalue weighted by molar-refractivity contribution is 6.05. The molecule has 5 heteroatoms. The monoisotopic (exact) mass is 322 g/mol. The molecular formula is C19H15FN2O2. The number of amides is 1. The Morgan fingerprint density at radius 2 is 2.04 bits per heavy atom. The first-order valence-corrected chi connectivity index (χ1v) is 7.74. The van der Waals surface area contributed by atoms with Crippen LogP contribution < -0.4 is 5.32 Å². The molecule has 120 valence electrons. The van der Waals surface area contributed by atoms with Crippen molar-refractivity contribution in [2.45, 2.75) is 18.6 Å². The van der Waals surface area contributed by atoms with Gasteiger partial charge in [0.15, 0.2) is 0 Å². The average Bonchev–Trinajstić information content (AvgIpc) is 2.89. The molecule has 24 heavy (non-hydrogen) atoms. The Bertz CT molecular complexity index is 942. The van der Waals surface area contributed by atoms with E-state index in [0.29, 0.717) is 17.3 Å². The first-order chi connectivity index (χ1) is 11.6. The fourth-order valence-corrected chi connectivity index (χ4v) is 3.30. The van der Waals surface area contributed by atoms with E-state index in [0.717, 1.165) is 11.1 Å². The first-order valence-electron chi connectivity index (χ1n) is 7.74. The number of nitrogens with zero attached hydrogens (tertiary/aromatic N) is 1. The minimum atomic E-state index is -0.695. The van der Waals surface area contributed by atoms with Crippen LogP contribution in [0.5, 0.6) is 0 Å². The maximum atomic E-state index is 13.8. The quantitative estimate of drug-likeness (QED) is 0.762. The van der Waals surface area contributed by atoms with Crippen molar-refractivity contribution < 1.29 is 14.3 Å². The fraction of sp³-hybridized carbons (Fsp3) is 0.158. The second-order valence-electron chi connectivity index (χ2n) is 5.95. The van der Waals surface area contributed by atoms with Gasteiger partial charge in [-0.3, -0.25) is 9.78 Å². The number of carbonyl (C=O) groups excluding carboxylic acids is 1. The zero-order valence-corrected chi connectivity index (χ0v) is 12.7. The largest absolute Gasteiger partial charge is 0.390 e. The smallest absolute Gasteiger partial charge is 0.254 e. The van der Waals surface area contributed by atoms with Crippen molar-refractivity contribution in [1.29, 1.82) is 0 Å². The summed E-state index contributed by atoms with van der Waals surface area (Å²) in [7, 11) is 0. The van der Waals surface area contributed by atoms with Crippen molar-refractivity contribution >= 4 is 16.8 Å². The van der Waals surface area contributed by atoms with Gasteiger partial charge in [-0.2, -0.15) is 0 Å². The van der Waals surface area contributed by atoms with Gasteiger partial charge in [-0.1, -0.05) is 30.3 Å². The third-order valence-corrected chi connectivity index (χ3v) is 4.40. The maximum Gasteiger partial charge on any atom is 0.254 e. The summed E-state index contributed by atoms with van der Waals surface area (Å²) in [4.78, 5) is 16.9. The van der Waals surface area contributed by atoms with E-state index in [2.05, 4.69) is 10.3 Å². The number of rotatable bonds is 2. The molecule has 0 radical (unpaired) electrons. The predicted octanol–water partition coefficient (Wildman–Crippen LogP) is 2.76. The van der Waals surface area contributed by atoms with Gasteiger partial charge in [-0.25, -0.2) is 4.39 Å². The van der Waals surface area contributed by atoms with Gasteiger partial charge in [0.2, 0.25) is 0 Å². The molecule has 4 nitrogen and oxygen atoms in total. The molecule has 1 aromatic heterocycles. The lowest BCUT2D eigenvalue weighted by atomic mass is 10.1. The normalized spacial score (nSPS) is 19.2. The molecule has 1 aliphatic rings. The van der Waals surface area contributed by atoms with Crippen molar-refractivity contribution in [1.82, 2.24) is 10.3 Å². The molecule has 3 aromatic rings. The zero-order chi connectivity index (χ0) is 16.7. The molecule has 4 rings (SSSR count). The number of fused-ring (bicyclic) bond motifs is 2. The topological polar surface area (TPSA) is 62.2 Å². The summed E-state index contributed by atoms with van der Waals surface area (Å²) < 4.78 is 13.8. The number of hydrogen-bond donors (Lipinski definition) is 2. The van der Waals surface area contributed by atoms with Crippen molar-refractivity contribution in [2.75, 3.05) is 0 Å². The van der Waals surface area contributed by atoms with E-state index in [1.807, 2.05) is 24.3 Å². The number of aliphatic hydroxyl groups excluding tert-OH is 1. The van der Waals surface area contributed by atoms with Gasteiger partial charge in [-0.15, -0.1) is 0 Å². The molecule has 2 unspecified atom stereocenters. The summed E-state index contributed by atoms with van der Waals surface area (Å²) >= 11 is 0. The molecule has 0 bridgehead atoms. The van der Waals surface area contributed by atoms with E-state index >= 15 is 0 Å². The summed E-state index contributed by atoms with van der Waals surface area (Å²) in [5, 5.41) is 13.7. The summed E-state index contributed by atoms with van der Waals surface area (Å²) in [5.74, 6) is -0.938. The van der Waals surface area contributed by atoms with E-state index in [4.69, 9.17) is 0 Å². The van der Waals surface area contributed by atoms with E-state index < -0.39 is 23.9 Å². The number of aliphatic hydroxyl groups is 1. The highest BCUT2D eigenvalue weighted by Gasteiger charge is 2.32. The Morgan fingerprint density at radius 1 is 1.21 bits per heavy atom. The minimum absolute atomic E-state index is 0.169. The van der Waals surface area contributed by atoms with Gasteiger partial charge in [0, 0.05) is 18.0 Å². The second-order valence-corrected chi connectivity index (χ2v) is 5.95. The highest BCUT2D eigenvalue weighted by Crippen LogP contribution is 2.31. The van der Waals surface area contributed by atoms with Crippen LogP contribution in [0.25, 0.3) is 10.9 Å². The Balaban J connectivity index is 1.71. The lowest BCUT2D eigenvalue weighted by Gasteiger charge is -2.18. The molecule has 0 fully saturated rings. The second kappa shape index (κ2) is 5.69. The molecule has 1 heterocycles. The molecule has 0 spiro atoms. The van der Waals surface area contributed by atoms with Gasteiger partial charge in [-0.05, 0) is 29.3 Å². The molecular weight excluding hydrogens is 307 g/mol. The number of hydrogen-bond acceptors (Lipinski definition) is 3. The molecule has 0 aliphatic heterocycles. The summed E-state index contributed by atoms with van der Waals surface area (Å²) in [6, 6.07) is 13.0. The lowest BCUT2D eigenvalue weighted by molar-refractivity contribution is 0.0859. The van der Waals surface area contributed by atoms with Crippen molar-refractivity contribution in [3.8, 4) is 0 Å². The number of pyridine rings is 1. The molecule has 2 N–H and O–H groups in total. The van der Waals surface area contributed by atoms with E-state index in [1.54, 1.807) is 18.3 Å². The highest BCUT2D eigenvalue weighted by atomic mass is 19.1. The number of nitrogens with one attached hydrogen (secondary N) is 1. The Kier molecular flexibility index (Phi) is 3.50. The number of halogens is 1. The van der Waals surface area contributed by atoms with Crippen LogP contribution in [0.2, 0.25) is 0 Å². The molecule has 0 saturated carbocycles. The van der Waals surface area contributed by atoms with Crippen LogP contribution >= 0.6 is 0 Å². The molecule has 2 aromatic carbocycles. The van der Waals surface area contributed by atoms with Crippen LogP contribution in [0.1, 0.15) is 27.5 Å². The molecule has 1 aliphatic carbocycles. The number of carbonyl (C=O) groups is 1. The van der Waals surface area contributed by atoms with Gasteiger partial charge in [0.1, 0.15) is 5.82 Å². The molecule has 1 amide bonds. The maximum absolute atomic E-state index is 13.8. The van der Waals surface area contributed by atoms with Crippen LogP contribution in [-0.2, 0) is 6.42 Å². The van der Waals surface area contributed by atoms with Crippen molar-refractivity contribution in [3.63, 3.8) is 0 Å². The van der Waals surface area contributed by atoms with E-state index in [9.17, 15) is 14.3 Å². The average molecular weight is 322 g/mol. The zero-order valence-electron chi connectivity index (χ0n) is 12.7. The predicted molar refractivity (Wildman–Crippen MR) is 88.1 cm³/mol. The SMILES string of the molecule is O=C(NC1c2ccccc2CC1O)c1cc(F)cc2cccnc12. The summed E-state index contributed by atoms with van der Waals surface area (Å²) in [5.41, 5.74) is 2.52. The van der Waals surface area contributed by atoms with Crippen LogP contribution in [0.4, 0.5) is 4.39 Å². The Labute approximate surface area is 138 Å². The standard InChI is InChI=1S/C19H15FN2O2/c20-13-8-12-5-3-7-21-17(12)15(10-13)19(24)22-18-14-6-2-1-4-11(14)9-16(18)23/h1-8,10,16,18,23H,9H2,(H,22,24). The summed E-state index contributed by atoms with van der Waals surface area (Å²) in [6.45, 7) is 0. The third-order valence-electron chi connectivity index (χ3n) is 4.40. The van der Waals surface area contributed by atoms with E-state index in [-0.39, 0.29) is 5.56 Å². The molecule has 2 atom stereocenters. The van der Waals surface area contributed by atoms with Gasteiger partial charge >= 0.3 is 0 Å². The Hall–Kier alpha value is -2.79. The van der Waals surface area contributed by atoms with Gasteiger partial charge in [0.25, 0.3) is 5.91 Å². The van der Waals surface area contributed by atoms with Gasteiger partial charge in [0.05, 0.1) is 23.2 Å². The van der Waals surface area contributed by atoms with Crippen molar-refractivity contribution in [3.05, 3.63) is 77.2 Å². The van der Waals surface area contributed by atoms with Crippen LogP contribution in [0, 0.1) is 5.82 Å². The van der Waals surface area contributed by atoms with E-state index in [1.165, 1.54) is 12.1 Å². The minimum Gasteiger partial charge on any atom is -0.390 e. The molecule has 0 saturated heterocycles.